The summed E-state index contributed by atoms with van der Waals surface area (Å²) >= 11 is 7.52. The molecule has 15 heavy (non-hydrogen) atoms. The van der Waals surface area contributed by atoms with Crippen molar-refractivity contribution in [1.82, 2.24) is 9.97 Å². The van der Waals surface area contributed by atoms with Gasteiger partial charge in [-0.3, -0.25) is 0 Å². The Morgan fingerprint density at radius 1 is 1.47 bits per heavy atom. The quantitative estimate of drug-likeness (QED) is 0.835. The van der Waals surface area contributed by atoms with Gasteiger partial charge in [-0.05, 0) is 19.1 Å². The summed E-state index contributed by atoms with van der Waals surface area (Å²) in [5.41, 5.74) is 3.66. The van der Waals surface area contributed by atoms with E-state index in [-0.39, 0.29) is 6.04 Å². The minimum atomic E-state index is 0.137. The molecular formula is C10H10ClN3S. The molecule has 0 bridgehead atoms. The fourth-order valence-corrected chi connectivity index (χ4v) is 2.06. The molecule has 78 valence electrons. The van der Waals surface area contributed by atoms with Gasteiger partial charge in [0.1, 0.15) is 0 Å². The van der Waals surface area contributed by atoms with Gasteiger partial charge in [-0.1, -0.05) is 11.6 Å². The first-order valence-corrected chi connectivity index (χ1v) is 5.84. The number of thiazole rings is 1. The first-order chi connectivity index (χ1) is 7.27. The molecule has 1 atom stereocenters. The van der Waals surface area contributed by atoms with Crippen molar-refractivity contribution in [2.24, 2.45) is 0 Å². The molecule has 0 saturated heterocycles. The lowest BCUT2D eigenvalue weighted by molar-refractivity contribution is 0.849. The summed E-state index contributed by atoms with van der Waals surface area (Å²) in [6, 6.07) is 3.89. The van der Waals surface area contributed by atoms with Crippen LogP contribution in [0.4, 0.5) is 5.69 Å². The van der Waals surface area contributed by atoms with Crippen molar-refractivity contribution in [3.8, 4) is 0 Å². The zero-order valence-electron chi connectivity index (χ0n) is 8.14. The number of anilines is 1. The highest BCUT2D eigenvalue weighted by Crippen LogP contribution is 2.23. The molecular weight excluding hydrogens is 230 g/mol. The fourth-order valence-electron chi connectivity index (χ4n) is 1.24. The number of aromatic nitrogens is 2. The molecule has 0 saturated carbocycles. The maximum absolute atomic E-state index is 5.94. The van der Waals surface area contributed by atoms with Crippen LogP contribution in [0.2, 0.25) is 5.15 Å². The third-order valence-electron chi connectivity index (χ3n) is 2.03. The monoisotopic (exact) mass is 239 g/mol. The Kier molecular flexibility index (Phi) is 3.18. The normalized spacial score (nSPS) is 12.4. The van der Waals surface area contributed by atoms with E-state index in [4.69, 9.17) is 11.6 Å². The van der Waals surface area contributed by atoms with Gasteiger partial charge in [-0.15, -0.1) is 11.3 Å². The van der Waals surface area contributed by atoms with Crippen LogP contribution in [-0.2, 0) is 0 Å². The SMILES string of the molecule is CC(Nc1cccnc1Cl)c1cscn1. The van der Waals surface area contributed by atoms with Crippen LogP contribution in [0.5, 0.6) is 0 Å². The Labute approximate surface area is 97.2 Å². The van der Waals surface area contributed by atoms with Crippen LogP contribution in [0.15, 0.2) is 29.2 Å². The van der Waals surface area contributed by atoms with Crippen LogP contribution in [-0.4, -0.2) is 9.97 Å². The highest BCUT2D eigenvalue weighted by Gasteiger charge is 2.08. The highest BCUT2D eigenvalue weighted by molar-refractivity contribution is 7.07. The molecule has 2 heterocycles. The molecule has 2 aromatic heterocycles. The van der Waals surface area contributed by atoms with Crippen molar-refractivity contribution < 1.29 is 0 Å². The molecule has 0 aliphatic rings. The molecule has 5 heteroatoms. The highest BCUT2D eigenvalue weighted by atomic mass is 35.5. The number of pyridine rings is 1. The predicted octanol–water partition coefficient (Wildman–Crippen LogP) is 3.36. The molecule has 1 N–H and O–H groups in total. The van der Waals surface area contributed by atoms with E-state index in [2.05, 4.69) is 15.3 Å². The Hall–Kier alpha value is -1.13. The Balaban J connectivity index is 2.13. The largest absolute Gasteiger partial charge is 0.374 e. The zero-order chi connectivity index (χ0) is 10.7. The average Bonchev–Trinajstić information content (AvgIpc) is 2.74. The minimum Gasteiger partial charge on any atom is -0.374 e. The van der Waals surface area contributed by atoms with E-state index in [0.29, 0.717) is 5.15 Å². The van der Waals surface area contributed by atoms with Gasteiger partial charge in [-0.2, -0.15) is 0 Å². The molecule has 0 fully saturated rings. The first-order valence-electron chi connectivity index (χ1n) is 4.52. The molecule has 1 unspecified atom stereocenters. The Bertz CT molecular complexity index is 430. The van der Waals surface area contributed by atoms with Gasteiger partial charge in [0.15, 0.2) is 5.15 Å². The Morgan fingerprint density at radius 2 is 2.33 bits per heavy atom. The number of hydrogen-bond acceptors (Lipinski definition) is 4. The lowest BCUT2D eigenvalue weighted by Crippen LogP contribution is -2.07. The maximum Gasteiger partial charge on any atom is 0.152 e. The number of hydrogen-bond donors (Lipinski definition) is 1. The Morgan fingerprint density at radius 3 is 3.00 bits per heavy atom. The van der Waals surface area contributed by atoms with Gasteiger partial charge in [0.05, 0.1) is 22.9 Å². The van der Waals surface area contributed by atoms with Crippen LogP contribution < -0.4 is 5.32 Å². The molecule has 0 amide bonds. The lowest BCUT2D eigenvalue weighted by Gasteiger charge is -2.13. The van der Waals surface area contributed by atoms with Crippen molar-refractivity contribution >= 4 is 28.6 Å². The molecule has 2 rings (SSSR count). The molecule has 2 aromatic rings. The van der Waals surface area contributed by atoms with E-state index in [1.54, 1.807) is 17.5 Å². The lowest BCUT2D eigenvalue weighted by atomic mass is 10.2. The summed E-state index contributed by atoms with van der Waals surface area (Å²) < 4.78 is 0. The number of nitrogens with one attached hydrogen (secondary N) is 1. The first kappa shape index (κ1) is 10.4. The van der Waals surface area contributed by atoms with Gasteiger partial charge in [0, 0.05) is 11.6 Å². The summed E-state index contributed by atoms with van der Waals surface area (Å²) in [5.74, 6) is 0. The van der Waals surface area contributed by atoms with Crippen molar-refractivity contribution in [2.75, 3.05) is 5.32 Å². The van der Waals surface area contributed by atoms with E-state index in [9.17, 15) is 0 Å². The van der Waals surface area contributed by atoms with E-state index >= 15 is 0 Å². The van der Waals surface area contributed by atoms with Crippen LogP contribution in [0, 0.1) is 0 Å². The van der Waals surface area contributed by atoms with Crippen LogP contribution in [0.25, 0.3) is 0 Å². The summed E-state index contributed by atoms with van der Waals surface area (Å²) in [6.45, 7) is 2.04. The molecule has 0 aromatic carbocycles. The maximum atomic E-state index is 5.94. The number of rotatable bonds is 3. The average molecular weight is 240 g/mol. The molecule has 3 nitrogen and oxygen atoms in total. The van der Waals surface area contributed by atoms with Crippen LogP contribution in [0.1, 0.15) is 18.7 Å². The predicted molar refractivity (Wildman–Crippen MR) is 63.4 cm³/mol. The van der Waals surface area contributed by atoms with Crippen molar-refractivity contribution in [1.29, 1.82) is 0 Å². The number of halogens is 1. The second-order valence-corrected chi connectivity index (χ2v) is 4.20. The van der Waals surface area contributed by atoms with E-state index in [1.165, 1.54) is 0 Å². The standard InChI is InChI=1S/C10H10ClN3S/c1-7(9-5-15-6-13-9)14-8-3-2-4-12-10(8)11/h2-7,14H,1H3. The van der Waals surface area contributed by atoms with Gasteiger partial charge >= 0.3 is 0 Å². The third kappa shape index (κ3) is 2.46. The van der Waals surface area contributed by atoms with E-state index < -0.39 is 0 Å². The third-order valence-corrected chi connectivity index (χ3v) is 2.93. The summed E-state index contributed by atoms with van der Waals surface area (Å²) in [6.07, 6.45) is 1.67. The van der Waals surface area contributed by atoms with Gasteiger partial charge in [-0.25, -0.2) is 9.97 Å². The number of nitrogens with zero attached hydrogens (tertiary/aromatic N) is 2. The van der Waals surface area contributed by atoms with Crippen molar-refractivity contribution in [3.05, 3.63) is 40.1 Å². The smallest absolute Gasteiger partial charge is 0.152 e. The van der Waals surface area contributed by atoms with Gasteiger partial charge < -0.3 is 5.32 Å². The fraction of sp³-hybridized carbons (Fsp3) is 0.200. The summed E-state index contributed by atoms with van der Waals surface area (Å²) in [4.78, 5) is 8.23. The topological polar surface area (TPSA) is 37.8 Å². The van der Waals surface area contributed by atoms with Gasteiger partial charge in [0.2, 0.25) is 0 Å². The van der Waals surface area contributed by atoms with E-state index in [1.807, 2.05) is 29.9 Å². The summed E-state index contributed by atoms with van der Waals surface area (Å²) in [7, 11) is 0. The molecule has 0 aliphatic carbocycles. The summed E-state index contributed by atoms with van der Waals surface area (Å²) in [5, 5.41) is 5.76. The molecule has 0 aliphatic heterocycles. The molecule has 0 radical (unpaired) electrons. The van der Waals surface area contributed by atoms with Gasteiger partial charge in [0.25, 0.3) is 0 Å². The second-order valence-electron chi connectivity index (χ2n) is 3.12. The van der Waals surface area contributed by atoms with Crippen LogP contribution >= 0.6 is 22.9 Å². The van der Waals surface area contributed by atoms with E-state index in [0.717, 1.165) is 11.4 Å². The van der Waals surface area contributed by atoms with Crippen LogP contribution in [0.3, 0.4) is 0 Å². The second kappa shape index (κ2) is 4.59. The van der Waals surface area contributed by atoms with Crippen molar-refractivity contribution in [3.63, 3.8) is 0 Å². The minimum absolute atomic E-state index is 0.137. The van der Waals surface area contributed by atoms with Crippen molar-refractivity contribution in [2.45, 2.75) is 13.0 Å². The zero-order valence-corrected chi connectivity index (χ0v) is 9.72. The molecule has 0 spiro atoms.